The predicted octanol–water partition coefficient (Wildman–Crippen LogP) is 3.89. The molecule has 2 aromatic rings. The van der Waals surface area contributed by atoms with Gasteiger partial charge in [0.25, 0.3) is 11.8 Å². The maximum Gasteiger partial charge on any atom is 0.290 e. The van der Waals surface area contributed by atoms with E-state index in [2.05, 4.69) is 10.3 Å². The molecule has 5 rings (SSSR count). The van der Waals surface area contributed by atoms with Gasteiger partial charge in [-0.1, -0.05) is 38.5 Å². The van der Waals surface area contributed by atoms with Crippen LogP contribution in [0.3, 0.4) is 0 Å². The lowest BCUT2D eigenvalue weighted by Gasteiger charge is -2.36. The largest absolute Gasteiger partial charge is 0.349 e. The molecule has 2 fully saturated rings. The Morgan fingerprint density at radius 1 is 0.966 bits per heavy atom. The van der Waals surface area contributed by atoms with Gasteiger partial charge in [-0.15, -0.1) is 0 Å². The molecule has 2 aliphatic carbocycles. The highest BCUT2D eigenvalue weighted by Gasteiger charge is 2.33. The van der Waals surface area contributed by atoms with E-state index in [0.717, 1.165) is 49.8 Å². The number of carbonyl (C=O) groups is 2. The highest BCUT2D eigenvalue weighted by Crippen LogP contribution is 2.28. The van der Waals surface area contributed by atoms with Crippen LogP contribution in [0.4, 0.5) is 0 Å². The van der Waals surface area contributed by atoms with E-state index in [-0.39, 0.29) is 17.9 Å². The van der Waals surface area contributed by atoms with E-state index in [4.69, 9.17) is 0 Å². The number of imidazole rings is 1. The zero-order chi connectivity index (χ0) is 19.8. The first-order valence-corrected chi connectivity index (χ1v) is 11.3. The summed E-state index contributed by atoms with van der Waals surface area (Å²) in [6, 6.07) is 6.31. The van der Waals surface area contributed by atoms with E-state index < -0.39 is 0 Å². The Hall–Kier alpha value is -2.37. The Balaban J connectivity index is 1.38. The van der Waals surface area contributed by atoms with E-state index >= 15 is 0 Å². The van der Waals surface area contributed by atoms with Gasteiger partial charge in [0.1, 0.15) is 0 Å². The van der Waals surface area contributed by atoms with Crippen molar-refractivity contribution >= 4 is 22.8 Å². The van der Waals surface area contributed by atoms with Gasteiger partial charge >= 0.3 is 0 Å². The average Bonchev–Trinajstić information content (AvgIpc) is 3.14. The molecule has 0 spiro atoms. The number of aromatic nitrogens is 2. The highest BCUT2D eigenvalue weighted by atomic mass is 16.2. The van der Waals surface area contributed by atoms with Crippen LogP contribution in [-0.4, -0.2) is 44.9 Å². The molecule has 29 heavy (non-hydrogen) atoms. The molecule has 0 saturated heterocycles. The van der Waals surface area contributed by atoms with Crippen molar-refractivity contribution in [2.75, 3.05) is 6.54 Å². The maximum absolute atomic E-state index is 13.1. The van der Waals surface area contributed by atoms with E-state index in [1.165, 1.54) is 38.5 Å². The molecule has 0 radical (unpaired) electrons. The summed E-state index contributed by atoms with van der Waals surface area (Å²) >= 11 is 0. The molecule has 2 amide bonds. The number of hydrogen-bond donors (Lipinski definition) is 1. The van der Waals surface area contributed by atoms with Gasteiger partial charge in [0.15, 0.2) is 5.82 Å². The van der Waals surface area contributed by atoms with Crippen LogP contribution >= 0.6 is 0 Å². The van der Waals surface area contributed by atoms with Crippen molar-refractivity contribution in [1.29, 1.82) is 0 Å². The summed E-state index contributed by atoms with van der Waals surface area (Å²) in [7, 11) is 0. The van der Waals surface area contributed by atoms with E-state index in [1.807, 2.05) is 27.7 Å². The van der Waals surface area contributed by atoms with Crippen molar-refractivity contribution in [3.63, 3.8) is 0 Å². The molecule has 1 aliphatic heterocycles. The number of fused-ring (bicyclic) bond motifs is 3. The van der Waals surface area contributed by atoms with Crippen LogP contribution in [0.15, 0.2) is 18.2 Å². The molecule has 0 atom stereocenters. The third-order valence-corrected chi connectivity index (χ3v) is 6.98. The summed E-state index contributed by atoms with van der Waals surface area (Å²) in [5, 5.41) is 3.17. The lowest BCUT2D eigenvalue weighted by Crippen LogP contribution is -2.47. The normalized spacial score (nSPS) is 21.4. The Kier molecular flexibility index (Phi) is 5.02. The van der Waals surface area contributed by atoms with Crippen molar-refractivity contribution in [2.24, 2.45) is 0 Å². The number of carbonyl (C=O) groups excluding carboxylic acids is 2. The minimum absolute atomic E-state index is 0.0278. The summed E-state index contributed by atoms with van der Waals surface area (Å²) in [6.45, 7) is 1.54. The summed E-state index contributed by atoms with van der Waals surface area (Å²) in [5.74, 6) is 0.550. The maximum atomic E-state index is 13.1. The zero-order valence-corrected chi connectivity index (χ0v) is 17.0. The number of nitrogens with zero attached hydrogens (tertiary/aromatic N) is 3. The molecule has 154 valence electrons. The molecule has 1 N–H and O–H groups in total. The fourth-order valence-electron chi connectivity index (χ4n) is 5.36. The van der Waals surface area contributed by atoms with Gasteiger partial charge in [-0.2, -0.15) is 0 Å². The van der Waals surface area contributed by atoms with E-state index in [0.29, 0.717) is 17.4 Å². The monoisotopic (exact) mass is 394 g/mol. The van der Waals surface area contributed by atoms with Crippen LogP contribution in [0.25, 0.3) is 11.0 Å². The first-order chi connectivity index (χ1) is 14.2. The van der Waals surface area contributed by atoms with Crippen LogP contribution in [0, 0.1) is 0 Å². The molecule has 1 aromatic carbocycles. The average molecular weight is 395 g/mol. The standard InChI is InChI=1S/C23H30N4O2/c28-22(24-17-7-3-1-4-8-17)16-11-12-20-19(15-16)25-21-23(29)26(13-14-27(20)21)18-9-5-2-6-10-18/h11-12,15,17-18H,1-10,13-14H2,(H,24,28). The predicted molar refractivity (Wildman–Crippen MR) is 112 cm³/mol. The molecule has 6 heteroatoms. The Morgan fingerprint density at radius 2 is 1.69 bits per heavy atom. The fourth-order valence-corrected chi connectivity index (χ4v) is 5.36. The molecule has 6 nitrogen and oxygen atoms in total. The molecule has 2 heterocycles. The van der Waals surface area contributed by atoms with Gasteiger partial charge in [0, 0.05) is 30.7 Å². The van der Waals surface area contributed by atoms with Crippen LogP contribution < -0.4 is 5.32 Å². The van der Waals surface area contributed by atoms with Gasteiger partial charge in [-0.3, -0.25) is 9.59 Å². The summed E-state index contributed by atoms with van der Waals surface area (Å²) < 4.78 is 2.03. The lowest BCUT2D eigenvalue weighted by atomic mass is 9.94. The van der Waals surface area contributed by atoms with Crippen molar-refractivity contribution in [2.45, 2.75) is 82.8 Å². The van der Waals surface area contributed by atoms with Crippen molar-refractivity contribution < 1.29 is 9.59 Å². The second-order valence-corrected chi connectivity index (χ2v) is 8.89. The van der Waals surface area contributed by atoms with Gasteiger partial charge in [0.05, 0.1) is 11.0 Å². The molecule has 2 saturated carbocycles. The minimum Gasteiger partial charge on any atom is -0.349 e. The first kappa shape index (κ1) is 18.6. The number of rotatable bonds is 3. The number of benzene rings is 1. The molecule has 0 unspecified atom stereocenters. The number of hydrogen-bond acceptors (Lipinski definition) is 3. The van der Waals surface area contributed by atoms with Crippen molar-refractivity contribution in [3.8, 4) is 0 Å². The zero-order valence-electron chi connectivity index (χ0n) is 17.0. The van der Waals surface area contributed by atoms with Crippen molar-refractivity contribution in [1.82, 2.24) is 19.8 Å². The van der Waals surface area contributed by atoms with Crippen LogP contribution in [0.1, 0.15) is 85.2 Å². The van der Waals surface area contributed by atoms with Gasteiger partial charge in [-0.05, 0) is 43.9 Å². The van der Waals surface area contributed by atoms with Crippen LogP contribution in [0.5, 0.6) is 0 Å². The molecular weight excluding hydrogens is 364 g/mol. The van der Waals surface area contributed by atoms with Gasteiger partial charge in [0.2, 0.25) is 0 Å². The highest BCUT2D eigenvalue weighted by molar-refractivity contribution is 6.00. The van der Waals surface area contributed by atoms with E-state index in [9.17, 15) is 9.59 Å². The minimum atomic E-state index is -0.0278. The molecule has 1 aromatic heterocycles. The lowest BCUT2D eigenvalue weighted by molar-refractivity contribution is 0.0566. The fraction of sp³-hybridized carbons (Fsp3) is 0.609. The second kappa shape index (κ2) is 7.81. The smallest absolute Gasteiger partial charge is 0.290 e. The molecule has 0 bridgehead atoms. The van der Waals surface area contributed by atoms with Crippen LogP contribution in [-0.2, 0) is 6.54 Å². The van der Waals surface area contributed by atoms with Crippen molar-refractivity contribution in [3.05, 3.63) is 29.6 Å². The molecule has 3 aliphatic rings. The SMILES string of the molecule is O=C(NC1CCCCC1)c1ccc2c(c1)nc1n2CCN(C2CCCCC2)C1=O. The summed E-state index contributed by atoms with van der Waals surface area (Å²) in [6.07, 6.45) is 11.7. The third kappa shape index (κ3) is 3.53. The summed E-state index contributed by atoms with van der Waals surface area (Å²) in [4.78, 5) is 32.5. The number of nitrogens with one attached hydrogen (secondary N) is 1. The number of amides is 2. The quantitative estimate of drug-likeness (QED) is 0.859. The Morgan fingerprint density at radius 3 is 2.45 bits per heavy atom. The molecular formula is C23H30N4O2. The van der Waals surface area contributed by atoms with Crippen LogP contribution in [0.2, 0.25) is 0 Å². The Bertz CT molecular complexity index is 922. The second-order valence-electron chi connectivity index (χ2n) is 8.89. The van der Waals surface area contributed by atoms with E-state index in [1.54, 1.807) is 0 Å². The topological polar surface area (TPSA) is 67.2 Å². The first-order valence-electron chi connectivity index (χ1n) is 11.3. The van der Waals surface area contributed by atoms with Gasteiger partial charge < -0.3 is 14.8 Å². The third-order valence-electron chi connectivity index (χ3n) is 6.98. The Labute approximate surface area is 171 Å². The summed E-state index contributed by atoms with van der Waals surface area (Å²) in [5.41, 5.74) is 2.33. The van der Waals surface area contributed by atoms with Gasteiger partial charge in [-0.25, -0.2) is 4.98 Å².